The number of halogens is 1. The molecular weight excluding hydrogens is 250 g/mol. The summed E-state index contributed by atoms with van der Waals surface area (Å²) in [5, 5.41) is 0.323. The fraction of sp³-hybridized carbons (Fsp3) is 0.500. The van der Waals surface area contributed by atoms with Gasteiger partial charge in [0.25, 0.3) is 0 Å². The van der Waals surface area contributed by atoms with Gasteiger partial charge in [0, 0.05) is 38.4 Å². The third-order valence-electron chi connectivity index (χ3n) is 3.27. The van der Waals surface area contributed by atoms with Crippen LogP contribution in [0, 0.1) is 0 Å². The molecule has 0 saturated heterocycles. The minimum atomic E-state index is 0.323. The number of aromatic nitrogens is 3. The highest BCUT2D eigenvalue weighted by molar-refractivity contribution is 6.28. The molecule has 96 valence electrons. The van der Waals surface area contributed by atoms with E-state index < -0.39 is 0 Å². The molecule has 2 aromatic heterocycles. The van der Waals surface area contributed by atoms with Gasteiger partial charge in [0.15, 0.2) is 5.82 Å². The molecule has 0 atom stereocenters. The van der Waals surface area contributed by atoms with Crippen molar-refractivity contribution in [2.24, 2.45) is 0 Å². The lowest BCUT2D eigenvalue weighted by Gasteiger charge is -2.25. The predicted molar refractivity (Wildman–Crippen MR) is 73.2 cm³/mol. The molecular formula is C12H16ClN5. The number of anilines is 1. The lowest BCUT2D eigenvalue weighted by atomic mass is 10.2. The summed E-state index contributed by atoms with van der Waals surface area (Å²) in [6, 6.07) is 0. The standard InChI is InChI=1S/C12H16ClN5/c1-16(2)6-8-7-18-5-4-17(3)11-10(18)9(8)14-12(13)15-11/h7H,4-6H2,1-3H3. The maximum atomic E-state index is 6.04. The van der Waals surface area contributed by atoms with Gasteiger partial charge in [0.2, 0.25) is 5.28 Å². The van der Waals surface area contributed by atoms with Crippen LogP contribution in [0.25, 0.3) is 11.0 Å². The van der Waals surface area contributed by atoms with Crippen molar-refractivity contribution in [3.8, 4) is 0 Å². The summed E-state index contributed by atoms with van der Waals surface area (Å²) in [5.41, 5.74) is 3.28. The summed E-state index contributed by atoms with van der Waals surface area (Å²) in [6.07, 6.45) is 2.17. The molecule has 3 heterocycles. The Balaban J connectivity index is 2.27. The monoisotopic (exact) mass is 265 g/mol. The van der Waals surface area contributed by atoms with Crippen LogP contribution in [0.5, 0.6) is 0 Å². The van der Waals surface area contributed by atoms with E-state index >= 15 is 0 Å². The van der Waals surface area contributed by atoms with Gasteiger partial charge in [-0.25, -0.2) is 4.98 Å². The second-order valence-corrected chi connectivity index (χ2v) is 5.36. The van der Waals surface area contributed by atoms with Crippen molar-refractivity contribution in [1.29, 1.82) is 0 Å². The second kappa shape index (κ2) is 4.10. The molecule has 3 rings (SSSR count). The fourth-order valence-electron chi connectivity index (χ4n) is 2.48. The third kappa shape index (κ3) is 1.74. The van der Waals surface area contributed by atoms with Crippen LogP contribution in [0.15, 0.2) is 6.20 Å². The van der Waals surface area contributed by atoms with Crippen LogP contribution in [0.1, 0.15) is 5.56 Å². The van der Waals surface area contributed by atoms with Gasteiger partial charge in [-0.1, -0.05) is 0 Å². The molecule has 0 spiro atoms. The van der Waals surface area contributed by atoms with Crippen LogP contribution in [0.4, 0.5) is 5.82 Å². The minimum absolute atomic E-state index is 0.323. The van der Waals surface area contributed by atoms with E-state index in [-0.39, 0.29) is 0 Å². The summed E-state index contributed by atoms with van der Waals surface area (Å²) in [5.74, 6) is 0.932. The summed E-state index contributed by atoms with van der Waals surface area (Å²) >= 11 is 6.04. The highest BCUT2D eigenvalue weighted by Gasteiger charge is 2.22. The molecule has 0 aliphatic carbocycles. The Labute approximate surface area is 111 Å². The summed E-state index contributed by atoms with van der Waals surface area (Å²) in [4.78, 5) is 13.0. The van der Waals surface area contributed by atoms with E-state index in [1.165, 1.54) is 5.56 Å². The van der Waals surface area contributed by atoms with Gasteiger partial charge in [-0.2, -0.15) is 4.98 Å². The molecule has 0 saturated carbocycles. The number of hydrogen-bond donors (Lipinski definition) is 0. The van der Waals surface area contributed by atoms with E-state index in [0.29, 0.717) is 5.28 Å². The average molecular weight is 266 g/mol. The van der Waals surface area contributed by atoms with E-state index in [4.69, 9.17) is 11.6 Å². The Bertz CT molecular complexity index is 604. The molecule has 2 aromatic rings. The zero-order valence-electron chi connectivity index (χ0n) is 10.8. The smallest absolute Gasteiger partial charge is 0.225 e. The van der Waals surface area contributed by atoms with Crippen molar-refractivity contribution < 1.29 is 0 Å². The number of hydrogen-bond acceptors (Lipinski definition) is 4. The van der Waals surface area contributed by atoms with Crippen molar-refractivity contribution in [3.63, 3.8) is 0 Å². The Kier molecular flexibility index (Phi) is 2.68. The molecule has 0 aromatic carbocycles. The SMILES string of the molecule is CN(C)Cc1cn2c3c(nc(Cl)nc13)N(C)CC2. The first-order valence-electron chi connectivity index (χ1n) is 5.97. The van der Waals surface area contributed by atoms with Crippen LogP contribution >= 0.6 is 11.6 Å². The maximum absolute atomic E-state index is 6.04. The van der Waals surface area contributed by atoms with Gasteiger partial charge >= 0.3 is 0 Å². The van der Waals surface area contributed by atoms with E-state index in [1.807, 2.05) is 7.05 Å². The molecule has 0 bridgehead atoms. The fourth-order valence-corrected chi connectivity index (χ4v) is 2.65. The highest BCUT2D eigenvalue weighted by atomic mass is 35.5. The zero-order chi connectivity index (χ0) is 12.9. The molecule has 0 amide bonds. The summed E-state index contributed by atoms with van der Waals surface area (Å²) in [7, 11) is 6.15. The second-order valence-electron chi connectivity index (χ2n) is 5.02. The Morgan fingerprint density at radius 2 is 2.11 bits per heavy atom. The minimum Gasteiger partial charge on any atom is -0.356 e. The maximum Gasteiger partial charge on any atom is 0.225 e. The van der Waals surface area contributed by atoms with Gasteiger partial charge in [-0.15, -0.1) is 0 Å². The number of likely N-dealkylation sites (N-methyl/N-ethyl adjacent to an activating group) is 1. The molecule has 0 radical (unpaired) electrons. The van der Waals surface area contributed by atoms with Crippen LogP contribution < -0.4 is 4.90 Å². The van der Waals surface area contributed by atoms with E-state index in [1.54, 1.807) is 0 Å². The van der Waals surface area contributed by atoms with Gasteiger partial charge in [0.05, 0.1) is 5.52 Å². The Morgan fingerprint density at radius 3 is 2.83 bits per heavy atom. The van der Waals surface area contributed by atoms with E-state index in [9.17, 15) is 0 Å². The van der Waals surface area contributed by atoms with Crippen molar-refractivity contribution in [3.05, 3.63) is 17.0 Å². The average Bonchev–Trinajstić information content (AvgIpc) is 2.62. The summed E-state index contributed by atoms with van der Waals surface area (Å²) < 4.78 is 2.24. The Hall–Kier alpha value is -1.33. The predicted octanol–water partition coefficient (Wildman–Crippen LogP) is 1.60. The molecule has 0 unspecified atom stereocenters. The number of rotatable bonds is 2. The number of nitrogens with zero attached hydrogens (tertiary/aromatic N) is 5. The van der Waals surface area contributed by atoms with Crippen LogP contribution in [0.3, 0.4) is 0 Å². The third-order valence-corrected chi connectivity index (χ3v) is 3.43. The van der Waals surface area contributed by atoms with Crippen LogP contribution in [-0.4, -0.2) is 47.1 Å². The van der Waals surface area contributed by atoms with Gasteiger partial charge < -0.3 is 14.4 Å². The molecule has 1 aliphatic heterocycles. The van der Waals surface area contributed by atoms with Crippen molar-refractivity contribution in [1.82, 2.24) is 19.4 Å². The normalized spacial score (nSPS) is 14.8. The topological polar surface area (TPSA) is 37.2 Å². The molecule has 0 fully saturated rings. The molecule has 5 nitrogen and oxygen atoms in total. The van der Waals surface area contributed by atoms with Crippen molar-refractivity contribution in [2.75, 3.05) is 32.6 Å². The first-order valence-corrected chi connectivity index (χ1v) is 6.35. The highest BCUT2D eigenvalue weighted by Crippen LogP contribution is 2.31. The molecule has 1 aliphatic rings. The quantitative estimate of drug-likeness (QED) is 0.773. The van der Waals surface area contributed by atoms with Crippen molar-refractivity contribution >= 4 is 28.5 Å². The van der Waals surface area contributed by atoms with Gasteiger partial charge in [-0.05, 0) is 25.7 Å². The van der Waals surface area contributed by atoms with Crippen LogP contribution in [0.2, 0.25) is 5.28 Å². The van der Waals surface area contributed by atoms with Gasteiger partial charge in [-0.3, -0.25) is 0 Å². The van der Waals surface area contributed by atoms with E-state index in [2.05, 4.69) is 44.6 Å². The van der Waals surface area contributed by atoms with Crippen LogP contribution in [-0.2, 0) is 13.1 Å². The van der Waals surface area contributed by atoms with E-state index in [0.717, 1.165) is 36.5 Å². The molecule has 0 N–H and O–H groups in total. The zero-order valence-corrected chi connectivity index (χ0v) is 11.6. The lowest BCUT2D eigenvalue weighted by Crippen LogP contribution is -2.28. The first-order chi connectivity index (χ1) is 8.56. The first kappa shape index (κ1) is 11.7. The lowest BCUT2D eigenvalue weighted by molar-refractivity contribution is 0.403. The Morgan fingerprint density at radius 1 is 1.33 bits per heavy atom. The molecule has 6 heteroatoms. The summed E-state index contributed by atoms with van der Waals surface area (Å²) in [6.45, 7) is 2.78. The largest absolute Gasteiger partial charge is 0.356 e. The van der Waals surface area contributed by atoms with Crippen molar-refractivity contribution in [2.45, 2.75) is 13.1 Å². The molecule has 18 heavy (non-hydrogen) atoms. The van der Waals surface area contributed by atoms with Gasteiger partial charge in [0.1, 0.15) is 5.52 Å².